The molecule has 2 fully saturated rings. The van der Waals surface area contributed by atoms with Gasteiger partial charge in [0.1, 0.15) is 11.3 Å². The van der Waals surface area contributed by atoms with Crippen molar-refractivity contribution in [1.82, 2.24) is 4.98 Å². The maximum Gasteiger partial charge on any atom is 0.501 e. The largest absolute Gasteiger partial charge is 0.501 e. The van der Waals surface area contributed by atoms with Crippen LogP contribution in [0.5, 0.6) is 5.75 Å². The lowest BCUT2D eigenvalue weighted by molar-refractivity contribution is -0.119. The third-order valence-corrected chi connectivity index (χ3v) is 8.23. The summed E-state index contributed by atoms with van der Waals surface area (Å²) in [5.41, 5.74) is -4.89. The minimum atomic E-state index is -5.57. The number of amides is 3. The Labute approximate surface area is 210 Å². The van der Waals surface area contributed by atoms with Crippen LogP contribution in [0.15, 0.2) is 71.8 Å². The summed E-state index contributed by atoms with van der Waals surface area (Å²) in [4.78, 5) is 32.7. The molecule has 3 aromatic rings. The van der Waals surface area contributed by atoms with Crippen molar-refractivity contribution in [3.05, 3.63) is 66.9 Å². The molecular formula is C25H20F3N3O5S. The second-order valence-electron chi connectivity index (χ2n) is 8.86. The summed E-state index contributed by atoms with van der Waals surface area (Å²) < 4.78 is 67.3. The number of sulfone groups is 1. The summed E-state index contributed by atoms with van der Waals surface area (Å²) >= 11 is 0. The number of ether oxygens (including phenoxy) is 1. The van der Waals surface area contributed by atoms with E-state index in [0.717, 1.165) is 34.7 Å². The van der Waals surface area contributed by atoms with Crippen molar-refractivity contribution in [2.24, 2.45) is 5.92 Å². The van der Waals surface area contributed by atoms with E-state index in [0.29, 0.717) is 23.6 Å². The molecule has 2 heterocycles. The number of hydrogen-bond acceptors (Lipinski definition) is 6. The van der Waals surface area contributed by atoms with E-state index in [2.05, 4.69) is 4.98 Å². The number of anilines is 2. The van der Waals surface area contributed by atoms with Crippen LogP contribution in [0.2, 0.25) is 0 Å². The quantitative estimate of drug-likeness (QED) is 0.439. The van der Waals surface area contributed by atoms with Gasteiger partial charge in [0.15, 0.2) is 0 Å². The highest BCUT2D eigenvalue weighted by Crippen LogP contribution is 2.55. The Hall–Kier alpha value is -3.93. The summed E-state index contributed by atoms with van der Waals surface area (Å²) in [7, 11) is -4.02. The van der Waals surface area contributed by atoms with Gasteiger partial charge in [-0.2, -0.15) is 13.2 Å². The second-order valence-corrected chi connectivity index (χ2v) is 10.8. The van der Waals surface area contributed by atoms with Crippen LogP contribution >= 0.6 is 0 Å². The summed E-state index contributed by atoms with van der Waals surface area (Å²) in [5.74, 6) is -0.0358. The fourth-order valence-corrected chi connectivity index (χ4v) is 5.38. The van der Waals surface area contributed by atoms with E-state index >= 15 is 0 Å². The normalized spacial score (nSPS) is 21.6. The SMILES string of the molecule is COc1ccc(-c2cc(N3C(=O)N(c4ccc(S(=O)(=O)C(F)(F)F)cc4)C(=O)C34CC4C)ccn2)cc1. The lowest BCUT2D eigenvalue weighted by Crippen LogP contribution is -2.39. The van der Waals surface area contributed by atoms with E-state index in [-0.39, 0.29) is 11.6 Å². The molecule has 0 bridgehead atoms. The molecule has 1 aromatic heterocycles. The van der Waals surface area contributed by atoms with Crippen LogP contribution < -0.4 is 14.5 Å². The zero-order chi connectivity index (χ0) is 26.8. The van der Waals surface area contributed by atoms with Crippen LogP contribution in [0.3, 0.4) is 0 Å². The van der Waals surface area contributed by atoms with Crippen molar-refractivity contribution in [2.75, 3.05) is 16.9 Å². The first-order chi connectivity index (χ1) is 17.4. The van der Waals surface area contributed by atoms with Crippen molar-refractivity contribution in [1.29, 1.82) is 0 Å². The average Bonchev–Trinajstić information content (AvgIpc) is 3.49. The number of methoxy groups -OCH3 is 1. The number of imide groups is 1. The highest BCUT2D eigenvalue weighted by Gasteiger charge is 2.70. The number of pyridine rings is 1. The van der Waals surface area contributed by atoms with Gasteiger partial charge in [0.2, 0.25) is 0 Å². The third-order valence-electron chi connectivity index (χ3n) is 6.72. The number of urea groups is 1. The van der Waals surface area contributed by atoms with Crippen LogP contribution in [0.4, 0.5) is 29.3 Å². The summed E-state index contributed by atoms with van der Waals surface area (Å²) in [6.45, 7) is 1.83. The van der Waals surface area contributed by atoms with Gasteiger partial charge in [-0.15, -0.1) is 0 Å². The molecule has 12 heteroatoms. The molecule has 1 saturated carbocycles. The first kappa shape index (κ1) is 24.8. The smallest absolute Gasteiger partial charge is 0.497 e. The lowest BCUT2D eigenvalue weighted by atomic mass is 10.1. The Morgan fingerprint density at radius 2 is 1.62 bits per heavy atom. The monoisotopic (exact) mass is 531 g/mol. The Balaban J connectivity index is 1.51. The van der Waals surface area contributed by atoms with E-state index in [4.69, 9.17) is 4.74 Å². The molecule has 2 aliphatic rings. The standard InChI is InChI=1S/C25H20F3N3O5S/c1-15-14-24(15)22(32)30(17-5-9-20(10-6-17)37(34,35)25(26,27)28)23(33)31(24)18-11-12-29-21(13-18)16-3-7-19(36-2)8-4-16/h3-13,15H,14H2,1-2H3. The molecule has 2 atom stereocenters. The number of carbonyl (C=O) groups excluding carboxylic acids is 2. The molecule has 37 heavy (non-hydrogen) atoms. The van der Waals surface area contributed by atoms with Crippen LogP contribution in [-0.4, -0.2) is 43.5 Å². The molecule has 1 aliphatic carbocycles. The van der Waals surface area contributed by atoms with Crippen molar-refractivity contribution in [2.45, 2.75) is 29.3 Å². The molecule has 3 amide bonds. The third kappa shape index (κ3) is 3.74. The number of benzene rings is 2. The first-order valence-electron chi connectivity index (χ1n) is 11.1. The lowest BCUT2D eigenvalue weighted by Gasteiger charge is -2.22. The molecular weight excluding hydrogens is 511 g/mol. The molecule has 0 radical (unpaired) electrons. The van der Waals surface area contributed by atoms with E-state index < -0.39 is 37.7 Å². The van der Waals surface area contributed by atoms with Crippen LogP contribution in [0.1, 0.15) is 13.3 Å². The summed E-state index contributed by atoms with van der Waals surface area (Å²) in [5, 5.41) is 0. The predicted octanol–water partition coefficient (Wildman–Crippen LogP) is 4.80. The zero-order valence-corrected chi connectivity index (χ0v) is 20.4. The number of rotatable bonds is 5. The topological polar surface area (TPSA) is 96.9 Å². The van der Waals surface area contributed by atoms with Gasteiger partial charge in [0, 0.05) is 11.8 Å². The van der Waals surface area contributed by atoms with Gasteiger partial charge in [-0.3, -0.25) is 14.7 Å². The molecule has 8 nitrogen and oxygen atoms in total. The van der Waals surface area contributed by atoms with E-state index in [1.165, 1.54) is 11.1 Å². The second kappa shape index (κ2) is 8.30. The Morgan fingerprint density at radius 1 is 1.00 bits per heavy atom. The Kier molecular flexibility index (Phi) is 5.55. The minimum Gasteiger partial charge on any atom is -0.497 e. The van der Waals surface area contributed by atoms with Crippen LogP contribution in [-0.2, 0) is 14.6 Å². The van der Waals surface area contributed by atoms with Crippen molar-refractivity contribution in [3.63, 3.8) is 0 Å². The molecule has 1 aliphatic heterocycles. The average molecular weight is 532 g/mol. The number of hydrogen-bond donors (Lipinski definition) is 0. The molecule has 5 rings (SSSR count). The maximum atomic E-state index is 13.6. The molecule has 1 spiro atoms. The van der Waals surface area contributed by atoms with Gasteiger partial charge in [0.05, 0.1) is 29.1 Å². The molecule has 2 unspecified atom stereocenters. The number of alkyl halides is 3. The van der Waals surface area contributed by atoms with Gasteiger partial charge >= 0.3 is 11.5 Å². The van der Waals surface area contributed by atoms with E-state index in [1.807, 2.05) is 6.92 Å². The maximum absolute atomic E-state index is 13.6. The first-order valence-corrected chi connectivity index (χ1v) is 12.6. The zero-order valence-electron chi connectivity index (χ0n) is 19.6. The molecule has 0 N–H and O–H groups in total. The van der Waals surface area contributed by atoms with Gasteiger partial charge < -0.3 is 4.74 Å². The van der Waals surface area contributed by atoms with E-state index in [9.17, 15) is 31.2 Å². The highest BCUT2D eigenvalue weighted by atomic mass is 32.2. The van der Waals surface area contributed by atoms with Gasteiger partial charge in [-0.05, 0) is 73.0 Å². The Morgan fingerprint density at radius 3 is 2.16 bits per heavy atom. The summed E-state index contributed by atoms with van der Waals surface area (Å²) in [6.07, 6.45) is 1.92. The number of nitrogens with zero attached hydrogens (tertiary/aromatic N) is 3. The van der Waals surface area contributed by atoms with Gasteiger partial charge in [-0.1, -0.05) is 6.92 Å². The molecule has 2 aromatic carbocycles. The van der Waals surface area contributed by atoms with Crippen LogP contribution in [0.25, 0.3) is 11.3 Å². The number of carbonyl (C=O) groups is 2. The van der Waals surface area contributed by atoms with Gasteiger partial charge in [0.25, 0.3) is 15.7 Å². The Bertz CT molecular complexity index is 1510. The van der Waals surface area contributed by atoms with E-state index in [1.54, 1.807) is 43.5 Å². The van der Waals surface area contributed by atoms with Gasteiger partial charge in [-0.25, -0.2) is 18.1 Å². The molecule has 192 valence electrons. The highest BCUT2D eigenvalue weighted by molar-refractivity contribution is 7.92. The van der Waals surface area contributed by atoms with Crippen molar-refractivity contribution < 1.29 is 35.9 Å². The predicted molar refractivity (Wildman–Crippen MR) is 128 cm³/mol. The van der Waals surface area contributed by atoms with Crippen LogP contribution in [0, 0.1) is 5.92 Å². The van der Waals surface area contributed by atoms with Crippen molar-refractivity contribution >= 4 is 33.2 Å². The van der Waals surface area contributed by atoms with Crippen molar-refractivity contribution in [3.8, 4) is 17.0 Å². The summed E-state index contributed by atoms with van der Waals surface area (Å²) in [6, 6.07) is 13.3. The fraction of sp³-hybridized carbons (Fsp3) is 0.240. The fourth-order valence-electron chi connectivity index (χ4n) is 4.62. The molecule has 1 saturated heterocycles. The number of halogens is 3. The number of aromatic nitrogens is 1. The minimum absolute atomic E-state index is 0.0264.